The van der Waals surface area contributed by atoms with Gasteiger partial charge in [0, 0.05) is 39.5 Å². The van der Waals surface area contributed by atoms with Crippen LogP contribution in [0.15, 0.2) is 18.2 Å². The minimum absolute atomic E-state index is 0.562. The zero-order chi connectivity index (χ0) is 12.4. The van der Waals surface area contributed by atoms with Gasteiger partial charge >= 0.3 is 0 Å². The lowest BCUT2D eigenvalue weighted by Crippen LogP contribution is -2.31. The average molecular weight is 365 g/mol. The molecule has 94 valence electrons. The molecular weight excluding hydrogens is 347 g/mol. The molecule has 1 aromatic carbocycles. The van der Waals surface area contributed by atoms with Crippen LogP contribution in [0.4, 0.5) is 5.69 Å². The average Bonchev–Trinajstić information content (AvgIpc) is 2.71. The van der Waals surface area contributed by atoms with Crippen LogP contribution in [0.3, 0.4) is 0 Å². The number of benzene rings is 1. The quantitative estimate of drug-likeness (QED) is 0.820. The number of hydrogen-bond donors (Lipinski definition) is 1. The maximum atomic E-state index is 5.96. The lowest BCUT2D eigenvalue weighted by atomic mass is 10.2. The molecule has 1 aliphatic heterocycles. The first-order chi connectivity index (χ1) is 8.06. The van der Waals surface area contributed by atoms with Gasteiger partial charge in [-0.15, -0.1) is 0 Å². The Morgan fingerprint density at radius 2 is 2.24 bits per heavy atom. The SMILES string of the molecule is CC(C)N1CCC(Nc2ccc(Cl)cc2I)C1. The molecule has 2 nitrogen and oxygen atoms in total. The van der Waals surface area contributed by atoms with Crippen molar-refractivity contribution in [3.05, 3.63) is 26.8 Å². The van der Waals surface area contributed by atoms with Crippen LogP contribution in [0.5, 0.6) is 0 Å². The Morgan fingerprint density at radius 3 is 2.82 bits per heavy atom. The van der Waals surface area contributed by atoms with E-state index in [4.69, 9.17) is 11.6 Å². The van der Waals surface area contributed by atoms with Gasteiger partial charge in [-0.2, -0.15) is 0 Å². The molecule has 1 saturated heterocycles. The second-order valence-electron chi connectivity index (χ2n) is 4.84. The predicted molar refractivity (Wildman–Crippen MR) is 82.9 cm³/mol. The lowest BCUT2D eigenvalue weighted by Gasteiger charge is -2.21. The van der Waals surface area contributed by atoms with Gasteiger partial charge in [0.05, 0.1) is 0 Å². The molecule has 0 saturated carbocycles. The van der Waals surface area contributed by atoms with Gasteiger partial charge in [0.25, 0.3) is 0 Å². The third-order valence-electron chi connectivity index (χ3n) is 3.24. The first-order valence-corrected chi connectivity index (χ1v) is 7.47. The Morgan fingerprint density at radius 1 is 1.47 bits per heavy atom. The van der Waals surface area contributed by atoms with Crippen molar-refractivity contribution in [3.63, 3.8) is 0 Å². The van der Waals surface area contributed by atoms with Crippen LogP contribution in [0, 0.1) is 3.57 Å². The van der Waals surface area contributed by atoms with Gasteiger partial charge < -0.3 is 5.32 Å². The Labute approximate surface area is 122 Å². The van der Waals surface area contributed by atoms with E-state index >= 15 is 0 Å². The molecule has 0 radical (unpaired) electrons. The van der Waals surface area contributed by atoms with E-state index < -0.39 is 0 Å². The van der Waals surface area contributed by atoms with Crippen LogP contribution in [0.2, 0.25) is 5.02 Å². The molecule has 0 aromatic heterocycles. The zero-order valence-corrected chi connectivity index (χ0v) is 13.1. The maximum Gasteiger partial charge on any atom is 0.0479 e. The summed E-state index contributed by atoms with van der Waals surface area (Å²) in [5.41, 5.74) is 1.20. The smallest absolute Gasteiger partial charge is 0.0479 e. The number of hydrogen-bond acceptors (Lipinski definition) is 2. The normalized spacial score (nSPS) is 21.1. The highest BCUT2D eigenvalue weighted by Gasteiger charge is 2.24. The van der Waals surface area contributed by atoms with E-state index in [0.717, 1.165) is 11.6 Å². The summed E-state index contributed by atoms with van der Waals surface area (Å²) in [5, 5.41) is 4.41. The molecule has 0 spiro atoms. The summed E-state index contributed by atoms with van der Waals surface area (Å²) >= 11 is 8.29. The fourth-order valence-electron chi connectivity index (χ4n) is 2.20. The minimum Gasteiger partial charge on any atom is -0.380 e. The molecular formula is C13H18ClIN2. The number of nitrogens with zero attached hydrogens (tertiary/aromatic N) is 1. The Hall–Kier alpha value is -0.000000000000000111. The molecule has 1 N–H and O–H groups in total. The first kappa shape index (κ1) is 13.4. The van der Waals surface area contributed by atoms with E-state index in [9.17, 15) is 0 Å². The Balaban J connectivity index is 1.98. The van der Waals surface area contributed by atoms with Crippen LogP contribution >= 0.6 is 34.2 Å². The molecule has 1 atom stereocenters. The zero-order valence-electron chi connectivity index (χ0n) is 10.2. The van der Waals surface area contributed by atoms with Crippen molar-refractivity contribution in [2.45, 2.75) is 32.4 Å². The number of nitrogens with one attached hydrogen (secondary N) is 1. The molecule has 1 unspecified atom stereocenters. The highest BCUT2D eigenvalue weighted by Crippen LogP contribution is 2.25. The lowest BCUT2D eigenvalue weighted by molar-refractivity contribution is 0.274. The second-order valence-corrected chi connectivity index (χ2v) is 6.44. The maximum absolute atomic E-state index is 5.96. The minimum atomic E-state index is 0.562. The van der Waals surface area contributed by atoms with Crippen molar-refractivity contribution in [1.29, 1.82) is 0 Å². The number of rotatable bonds is 3. The Kier molecular flexibility index (Phi) is 4.55. The molecule has 4 heteroatoms. The van der Waals surface area contributed by atoms with Gasteiger partial charge in [-0.3, -0.25) is 4.90 Å². The molecule has 17 heavy (non-hydrogen) atoms. The van der Waals surface area contributed by atoms with Crippen LogP contribution in [-0.4, -0.2) is 30.1 Å². The molecule has 1 fully saturated rings. The van der Waals surface area contributed by atoms with Gasteiger partial charge in [0.2, 0.25) is 0 Å². The summed E-state index contributed by atoms with van der Waals surface area (Å²) in [6.45, 7) is 6.85. The summed E-state index contributed by atoms with van der Waals surface area (Å²) in [4.78, 5) is 2.51. The highest BCUT2D eigenvalue weighted by atomic mass is 127. The number of anilines is 1. The van der Waals surface area contributed by atoms with Crippen molar-refractivity contribution in [2.75, 3.05) is 18.4 Å². The molecule has 0 amide bonds. The third-order valence-corrected chi connectivity index (χ3v) is 4.37. The third kappa shape index (κ3) is 3.48. The van der Waals surface area contributed by atoms with Gasteiger partial charge in [-0.1, -0.05) is 11.6 Å². The van der Waals surface area contributed by atoms with E-state index in [1.807, 2.05) is 12.1 Å². The number of halogens is 2. The summed E-state index contributed by atoms with van der Waals surface area (Å²) < 4.78 is 1.19. The van der Waals surface area contributed by atoms with E-state index in [1.165, 1.54) is 22.2 Å². The van der Waals surface area contributed by atoms with Gasteiger partial charge in [-0.25, -0.2) is 0 Å². The topological polar surface area (TPSA) is 15.3 Å². The monoisotopic (exact) mass is 364 g/mol. The van der Waals surface area contributed by atoms with E-state index in [0.29, 0.717) is 12.1 Å². The second kappa shape index (κ2) is 5.76. The van der Waals surface area contributed by atoms with Crippen molar-refractivity contribution in [1.82, 2.24) is 4.90 Å². The standard InChI is InChI=1S/C13H18ClIN2/c1-9(2)17-6-5-11(8-17)16-13-4-3-10(14)7-12(13)15/h3-4,7,9,11,16H,5-6,8H2,1-2H3. The molecule has 0 aliphatic carbocycles. The van der Waals surface area contributed by atoms with Gasteiger partial charge in [0.15, 0.2) is 0 Å². The van der Waals surface area contributed by atoms with Crippen LogP contribution in [-0.2, 0) is 0 Å². The van der Waals surface area contributed by atoms with Gasteiger partial charge in [-0.05, 0) is 61.1 Å². The molecule has 1 aliphatic rings. The molecule has 2 rings (SSSR count). The Bertz CT molecular complexity index is 395. The van der Waals surface area contributed by atoms with E-state index in [2.05, 4.69) is 52.7 Å². The highest BCUT2D eigenvalue weighted by molar-refractivity contribution is 14.1. The largest absolute Gasteiger partial charge is 0.380 e. The summed E-state index contributed by atoms with van der Waals surface area (Å²) in [5.74, 6) is 0. The fraction of sp³-hybridized carbons (Fsp3) is 0.538. The predicted octanol–water partition coefficient (Wildman–Crippen LogP) is 3.84. The fourth-order valence-corrected chi connectivity index (χ4v) is 3.23. The number of likely N-dealkylation sites (tertiary alicyclic amines) is 1. The van der Waals surface area contributed by atoms with Gasteiger partial charge in [0.1, 0.15) is 0 Å². The van der Waals surface area contributed by atoms with E-state index in [1.54, 1.807) is 0 Å². The first-order valence-electron chi connectivity index (χ1n) is 6.02. The van der Waals surface area contributed by atoms with Crippen molar-refractivity contribution >= 4 is 39.9 Å². The van der Waals surface area contributed by atoms with Crippen molar-refractivity contribution in [2.24, 2.45) is 0 Å². The van der Waals surface area contributed by atoms with E-state index in [-0.39, 0.29) is 0 Å². The van der Waals surface area contributed by atoms with Crippen LogP contribution in [0.25, 0.3) is 0 Å². The molecule has 1 aromatic rings. The van der Waals surface area contributed by atoms with Crippen molar-refractivity contribution < 1.29 is 0 Å². The molecule has 1 heterocycles. The summed E-state index contributed by atoms with van der Waals surface area (Å²) in [6, 6.07) is 7.22. The van der Waals surface area contributed by atoms with Crippen LogP contribution < -0.4 is 5.32 Å². The van der Waals surface area contributed by atoms with Crippen molar-refractivity contribution in [3.8, 4) is 0 Å². The van der Waals surface area contributed by atoms with Crippen LogP contribution in [0.1, 0.15) is 20.3 Å². The molecule has 0 bridgehead atoms. The summed E-state index contributed by atoms with van der Waals surface area (Å²) in [6.07, 6.45) is 1.22. The summed E-state index contributed by atoms with van der Waals surface area (Å²) in [7, 11) is 0.